The lowest BCUT2D eigenvalue weighted by Crippen LogP contribution is -2.46. The highest BCUT2D eigenvalue weighted by atomic mass is 32.2. The van der Waals surface area contributed by atoms with E-state index >= 15 is 0 Å². The zero-order chi connectivity index (χ0) is 27.9. The molecule has 2 saturated carbocycles. The van der Waals surface area contributed by atoms with E-state index in [1.165, 1.54) is 0 Å². The standard InChI is InChI=1S/C27H44F2N4O3SSi/c1-26(2,3)37(34)32-22(16-36-20-14-27(28,29)15-20)25-31-21-10-9-19(24(30)18-7-8-18)13-23(21)33(25)17-35-11-12-38(4,5)6/h9-10,13,18,20,22,24,32H,7-8,11-12,14-17,30H2,1-6H3/t22-,24+,37?/m0/s1. The normalized spacial score (nSPS) is 20.9. The zero-order valence-corrected chi connectivity index (χ0v) is 25.4. The van der Waals surface area contributed by atoms with Crippen LogP contribution < -0.4 is 10.5 Å². The monoisotopic (exact) mass is 570 g/mol. The van der Waals surface area contributed by atoms with E-state index in [2.05, 4.69) is 30.4 Å². The molecule has 11 heteroatoms. The molecule has 0 radical (unpaired) electrons. The first-order valence-corrected chi connectivity index (χ1v) is 18.5. The first-order valence-electron chi connectivity index (χ1n) is 13.6. The molecule has 2 aliphatic rings. The summed E-state index contributed by atoms with van der Waals surface area (Å²) in [7, 11) is -1.28. The van der Waals surface area contributed by atoms with Gasteiger partial charge in [-0.25, -0.2) is 13.8 Å². The average Bonchev–Trinajstić information content (AvgIpc) is 3.57. The Hall–Kier alpha value is -1.08. The van der Waals surface area contributed by atoms with Crippen LogP contribution in [-0.4, -0.2) is 52.2 Å². The van der Waals surface area contributed by atoms with Crippen LogP contribution in [-0.2, 0) is 27.6 Å². The summed E-state index contributed by atoms with van der Waals surface area (Å²) in [6.45, 7) is 13.6. The first kappa shape index (κ1) is 29.9. The Morgan fingerprint density at radius 1 is 1.26 bits per heavy atom. The number of nitrogens with zero attached hydrogens (tertiary/aromatic N) is 2. The minimum absolute atomic E-state index is 0.0232. The molecule has 0 bridgehead atoms. The van der Waals surface area contributed by atoms with E-state index in [4.69, 9.17) is 20.2 Å². The van der Waals surface area contributed by atoms with E-state index in [-0.39, 0.29) is 32.2 Å². The van der Waals surface area contributed by atoms with Gasteiger partial charge in [-0.05, 0) is 63.3 Å². The van der Waals surface area contributed by atoms with Gasteiger partial charge in [0.1, 0.15) is 23.3 Å². The van der Waals surface area contributed by atoms with Crippen LogP contribution in [0.25, 0.3) is 11.0 Å². The van der Waals surface area contributed by atoms with E-state index in [0.29, 0.717) is 18.3 Å². The fourth-order valence-corrected chi connectivity index (χ4v) is 6.00. The fourth-order valence-electron chi connectivity index (χ4n) is 4.45. The molecule has 2 fully saturated rings. The summed E-state index contributed by atoms with van der Waals surface area (Å²) in [4.78, 5) is 4.91. The number of nitrogens with two attached hydrogens (primary N) is 1. The van der Waals surface area contributed by atoms with Gasteiger partial charge < -0.3 is 24.3 Å². The molecule has 3 N–H and O–H groups in total. The Balaban J connectivity index is 1.64. The second-order valence-electron chi connectivity index (χ2n) is 13.1. The number of aromatic nitrogens is 2. The van der Waals surface area contributed by atoms with Crippen LogP contribution in [0.3, 0.4) is 0 Å². The molecule has 7 nitrogen and oxygen atoms in total. The summed E-state index contributed by atoms with van der Waals surface area (Å²) in [6, 6.07) is 6.52. The second-order valence-corrected chi connectivity index (χ2v) is 20.7. The number of halogens is 2. The maximum atomic E-state index is 13.4. The number of nitrogens with one attached hydrogen (secondary N) is 1. The molecule has 1 aromatic carbocycles. The summed E-state index contributed by atoms with van der Waals surface area (Å²) in [6.07, 6.45) is 1.19. The molecule has 0 spiro atoms. The molecule has 2 aliphatic carbocycles. The second kappa shape index (κ2) is 11.4. The van der Waals surface area contributed by atoms with Crippen LogP contribution in [0.2, 0.25) is 25.7 Å². The number of imidazole rings is 1. The average molecular weight is 571 g/mol. The lowest BCUT2D eigenvalue weighted by Gasteiger charge is -2.36. The topological polar surface area (TPSA) is 97.4 Å². The van der Waals surface area contributed by atoms with Crippen LogP contribution >= 0.6 is 0 Å². The number of rotatable bonds is 13. The highest BCUT2D eigenvalue weighted by Gasteiger charge is 2.46. The highest BCUT2D eigenvalue weighted by molar-refractivity contribution is 7.90. The molecular formula is C27H44F2N4O3SSi. The third kappa shape index (κ3) is 7.77. The van der Waals surface area contributed by atoms with Crippen molar-refractivity contribution in [3.05, 3.63) is 29.6 Å². The molecule has 1 heterocycles. The van der Waals surface area contributed by atoms with Gasteiger partial charge in [0.2, 0.25) is 0 Å². The Morgan fingerprint density at radius 2 is 1.95 bits per heavy atom. The van der Waals surface area contributed by atoms with Gasteiger partial charge in [-0.1, -0.05) is 25.7 Å². The van der Waals surface area contributed by atoms with Gasteiger partial charge in [-0.2, -0.15) is 0 Å². The van der Waals surface area contributed by atoms with Crippen molar-refractivity contribution in [1.82, 2.24) is 14.3 Å². The molecule has 4 rings (SSSR count). The number of ether oxygens (including phenoxy) is 2. The van der Waals surface area contributed by atoms with E-state index in [1.54, 1.807) is 0 Å². The predicted molar refractivity (Wildman–Crippen MR) is 151 cm³/mol. The van der Waals surface area contributed by atoms with Gasteiger partial charge >= 0.3 is 0 Å². The van der Waals surface area contributed by atoms with Gasteiger partial charge in [0.25, 0.3) is 5.92 Å². The molecule has 0 amide bonds. The smallest absolute Gasteiger partial charge is 0.253 e. The number of fused-ring (bicyclic) bond motifs is 1. The maximum absolute atomic E-state index is 13.4. The van der Waals surface area contributed by atoms with Gasteiger partial charge in [-0.15, -0.1) is 4.72 Å². The van der Waals surface area contributed by atoms with Crippen molar-refractivity contribution in [3.8, 4) is 0 Å². The summed E-state index contributed by atoms with van der Waals surface area (Å²) in [5.41, 5.74) is 9.26. The van der Waals surface area contributed by atoms with Crippen molar-refractivity contribution >= 4 is 30.5 Å². The van der Waals surface area contributed by atoms with Crippen LogP contribution in [0.5, 0.6) is 0 Å². The van der Waals surface area contributed by atoms with E-state index in [9.17, 15) is 13.3 Å². The summed E-state index contributed by atoms with van der Waals surface area (Å²) in [5.74, 6) is -1.54. The molecule has 38 heavy (non-hydrogen) atoms. The molecule has 0 saturated heterocycles. The zero-order valence-electron chi connectivity index (χ0n) is 23.6. The van der Waals surface area contributed by atoms with Gasteiger partial charge in [0.15, 0.2) is 0 Å². The summed E-state index contributed by atoms with van der Waals surface area (Å²) >= 11 is -1.43. The van der Waals surface area contributed by atoms with Crippen molar-refractivity contribution in [2.24, 2.45) is 11.7 Å². The third-order valence-corrected chi connectivity index (χ3v) is 10.5. The molecule has 1 aromatic heterocycles. The van der Waals surface area contributed by atoms with Gasteiger partial charge in [-0.3, -0.25) is 0 Å². The van der Waals surface area contributed by atoms with Crippen molar-refractivity contribution in [1.29, 1.82) is 0 Å². The Morgan fingerprint density at radius 3 is 2.53 bits per heavy atom. The highest BCUT2D eigenvalue weighted by Crippen LogP contribution is 2.41. The quantitative estimate of drug-likeness (QED) is 0.183. The molecule has 2 aromatic rings. The fraction of sp³-hybridized carbons (Fsp3) is 0.741. The molecular weight excluding hydrogens is 526 g/mol. The maximum Gasteiger partial charge on any atom is 0.253 e. The van der Waals surface area contributed by atoms with Crippen molar-refractivity contribution in [3.63, 3.8) is 0 Å². The van der Waals surface area contributed by atoms with Crippen LogP contribution in [0.15, 0.2) is 18.2 Å². The van der Waals surface area contributed by atoms with E-state index < -0.39 is 42.3 Å². The van der Waals surface area contributed by atoms with Crippen LogP contribution in [0.1, 0.15) is 69.9 Å². The van der Waals surface area contributed by atoms with Crippen molar-refractivity contribution in [2.45, 2.75) is 108 Å². The number of benzene rings is 1. The molecule has 214 valence electrons. The largest absolute Gasteiger partial charge is 0.598 e. The number of hydrogen-bond acceptors (Lipinski definition) is 6. The molecule has 3 atom stereocenters. The van der Waals surface area contributed by atoms with Crippen LogP contribution in [0, 0.1) is 5.92 Å². The SMILES string of the molecule is CC(C)(C)[S+]([O-])N[C@@H](COC1CC(F)(F)C1)c1nc2ccc([C@H](N)C3CC3)cc2n1COCC[Si](C)(C)C. The first-order chi connectivity index (χ1) is 17.6. The lowest BCUT2D eigenvalue weighted by atomic mass is 9.91. The minimum atomic E-state index is -2.67. The number of alkyl halides is 2. The lowest BCUT2D eigenvalue weighted by molar-refractivity contribution is -0.167. The Labute approximate surface area is 229 Å². The summed E-state index contributed by atoms with van der Waals surface area (Å²) in [5, 5.41) is 0. The summed E-state index contributed by atoms with van der Waals surface area (Å²) < 4.78 is 56.7. The Kier molecular flexibility index (Phi) is 8.98. The van der Waals surface area contributed by atoms with Crippen molar-refractivity contribution in [2.75, 3.05) is 13.2 Å². The van der Waals surface area contributed by atoms with Crippen LogP contribution in [0.4, 0.5) is 8.78 Å². The minimum Gasteiger partial charge on any atom is -0.598 e. The van der Waals surface area contributed by atoms with E-state index in [1.807, 2.05) is 37.5 Å². The Bertz CT molecular complexity index is 1090. The third-order valence-electron chi connectivity index (χ3n) is 7.20. The van der Waals surface area contributed by atoms with E-state index in [0.717, 1.165) is 35.5 Å². The van der Waals surface area contributed by atoms with Gasteiger partial charge in [0.05, 0.1) is 23.7 Å². The van der Waals surface area contributed by atoms with Gasteiger partial charge in [0, 0.05) is 44.9 Å². The number of hydrogen-bond donors (Lipinski definition) is 2. The predicted octanol–water partition coefficient (Wildman–Crippen LogP) is 5.67. The molecule has 1 unspecified atom stereocenters. The molecule has 0 aliphatic heterocycles. The van der Waals surface area contributed by atoms with Crippen molar-refractivity contribution < 1.29 is 22.8 Å².